The van der Waals surface area contributed by atoms with Crippen LogP contribution in [0.4, 0.5) is 13.2 Å². The first-order valence-electron chi connectivity index (χ1n) is 5.91. The molecule has 3 nitrogen and oxygen atoms in total. The number of benzene rings is 1. The molecule has 0 N–H and O–H groups in total. The van der Waals surface area contributed by atoms with Gasteiger partial charge in [-0.3, -0.25) is 0 Å². The smallest absolute Gasteiger partial charge is 0.389 e. The minimum absolute atomic E-state index is 0.0769. The lowest BCUT2D eigenvalue weighted by atomic mass is 10.2. The predicted molar refractivity (Wildman–Crippen MR) is 69.9 cm³/mol. The van der Waals surface area contributed by atoms with Crippen LogP contribution in [0.2, 0.25) is 0 Å². The van der Waals surface area contributed by atoms with Crippen LogP contribution in [0.25, 0.3) is 0 Å². The Balaban J connectivity index is 2.77. The van der Waals surface area contributed by atoms with Gasteiger partial charge in [0, 0.05) is 12.3 Å². The zero-order valence-electron chi connectivity index (χ0n) is 11.2. The maximum absolute atomic E-state index is 12.1. The van der Waals surface area contributed by atoms with Gasteiger partial charge in [0.1, 0.15) is 0 Å². The van der Waals surface area contributed by atoms with Crippen LogP contribution in [0.3, 0.4) is 0 Å². The van der Waals surface area contributed by atoms with Crippen LogP contribution in [0, 0.1) is 0 Å². The van der Waals surface area contributed by atoms with Crippen LogP contribution in [0.1, 0.15) is 18.4 Å². The number of ether oxygens (including phenoxy) is 3. The van der Waals surface area contributed by atoms with Gasteiger partial charge in [0.05, 0.1) is 20.8 Å². The van der Waals surface area contributed by atoms with Gasteiger partial charge >= 0.3 is 6.18 Å². The molecular weight excluding hydrogens is 297 g/mol. The van der Waals surface area contributed by atoms with Crippen LogP contribution in [-0.2, 0) is 5.88 Å². The minimum Gasteiger partial charge on any atom is -0.493 e. The molecule has 0 aromatic heterocycles. The third-order valence-electron chi connectivity index (χ3n) is 2.53. The van der Waals surface area contributed by atoms with E-state index in [0.29, 0.717) is 11.5 Å². The first-order valence-corrected chi connectivity index (χ1v) is 6.45. The Bertz CT molecular complexity index is 410. The summed E-state index contributed by atoms with van der Waals surface area (Å²) in [5.41, 5.74) is 0.767. The van der Waals surface area contributed by atoms with Crippen molar-refractivity contribution in [1.82, 2.24) is 0 Å². The van der Waals surface area contributed by atoms with E-state index in [2.05, 4.69) is 0 Å². The lowest BCUT2D eigenvalue weighted by Crippen LogP contribution is -2.10. The highest BCUT2D eigenvalue weighted by Crippen LogP contribution is 2.39. The predicted octanol–water partition coefficient (Wildman–Crippen LogP) is 4.16. The van der Waals surface area contributed by atoms with Crippen molar-refractivity contribution >= 4 is 11.6 Å². The van der Waals surface area contributed by atoms with E-state index in [1.807, 2.05) is 0 Å². The summed E-state index contributed by atoms with van der Waals surface area (Å²) in [6.45, 7) is -0.0769. The lowest BCUT2D eigenvalue weighted by Gasteiger charge is -2.16. The van der Waals surface area contributed by atoms with Gasteiger partial charge in [-0.25, -0.2) is 0 Å². The topological polar surface area (TPSA) is 27.7 Å². The molecule has 1 rings (SSSR count). The van der Waals surface area contributed by atoms with Gasteiger partial charge in [-0.05, 0) is 24.1 Å². The number of methoxy groups -OCH3 is 2. The summed E-state index contributed by atoms with van der Waals surface area (Å²) in [6.07, 6.45) is -5.20. The van der Waals surface area contributed by atoms with Gasteiger partial charge < -0.3 is 14.2 Å². The molecule has 0 spiro atoms. The molecule has 0 unspecified atom stereocenters. The summed E-state index contributed by atoms with van der Waals surface area (Å²) >= 11 is 5.74. The highest BCUT2D eigenvalue weighted by atomic mass is 35.5. The molecule has 0 heterocycles. The maximum Gasteiger partial charge on any atom is 0.389 e. The summed E-state index contributed by atoms with van der Waals surface area (Å²) < 4.78 is 51.8. The Morgan fingerprint density at radius 1 is 1.10 bits per heavy atom. The van der Waals surface area contributed by atoms with E-state index in [1.165, 1.54) is 14.2 Å². The van der Waals surface area contributed by atoms with E-state index in [4.69, 9.17) is 25.8 Å². The van der Waals surface area contributed by atoms with Crippen molar-refractivity contribution in [3.8, 4) is 17.2 Å². The van der Waals surface area contributed by atoms with Crippen molar-refractivity contribution < 1.29 is 27.4 Å². The van der Waals surface area contributed by atoms with Gasteiger partial charge in [0.15, 0.2) is 11.5 Å². The van der Waals surface area contributed by atoms with Crippen LogP contribution >= 0.6 is 11.6 Å². The monoisotopic (exact) mass is 312 g/mol. The van der Waals surface area contributed by atoms with Crippen molar-refractivity contribution in [3.05, 3.63) is 17.7 Å². The molecule has 0 bridgehead atoms. The van der Waals surface area contributed by atoms with Crippen LogP contribution in [0.15, 0.2) is 12.1 Å². The molecule has 0 aliphatic heterocycles. The number of hydrogen-bond donors (Lipinski definition) is 0. The molecule has 7 heteroatoms. The van der Waals surface area contributed by atoms with E-state index >= 15 is 0 Å². The molecule has 0 saturated carbocycles. The molecule has 0 fully saturated rings. The van der Waals surface area contributed by atoms with Crippen molar-refractivity contribution in [3.63, 3.8) is 0 Å². The van der Waals surface area contributed by atoms with Gasteiger partial charge in [0.2, 0.25) is 5.75 Å². The molecule has 20 heavy (non-hydrogen) atoms. The molecule has 0 atom stereocenters. The van der Waals surface area contributed by atoms with Crippen LogP contribution in [-0.4, -0.2) is 27.0 Å². The van der Waals surface area contributed by atoms with E-state index in [-0.39, 0.29) is 24.7 Å². The second kappa shape index (κ2) is 7.47. The maximum atomic E-state index is 12.1. The second-order valence-corrected chi connectivity index (χ2v) is 4.30. The van der Waals surface area contributed by atoms with Crippen molar-refractivity contribution in [1.29, 1.82) is 0 Å². The van der Waals surface area contributed by atoms with Crippen molar-refractivity contribution in [2.45, 2.75) is 24.9 Å². The van der Waals surface area contributed by atoms with Crippen LogP contribution < -0.4 is 14.2 Å². The lowest BCUT2D eigenvalue weighted by molar-refractivity contribution is -0.136. The van der Waals surface area contributed by atoms with E-state index in [1.54, 1.807) is 12.1 Å². The normalized spacial score (nSPS) is 11.3. The Morgan fingerprint density at radius 3 is 2.05 bits per heavy atom. The second-order valence-electron chi connectivity index (χ2n) is 4.03. The number of rotatable bonds is 7. The first kappa shape index (κ1) is 16.8. The number of alkyl halides is 4. The van der Waals surface area contributed by atoms with Crippen molar-refractivity contribution in [2.75, 3.05) is 20.8 Å². The Labute approximate surface area is 120 Å². The Kier molecular flexibility index (Phi) is 6.26. The summed E-state index contributed by atoms with van der Waals surface area (Å²) in [4.78, 5) is 0. The van der Waals surface area contributed by atoms with Crippen molar-refractivity contribution in [2.24, 2.45) is 0 Å². The molecular formula is C13H16ClF3O3. The summed E-state index contributed by atoms with van der Waals surface area (Å²) in [5.74, 6) is 1.31. The molecule has 0 aliphatic rings. The van der Waals surface area contributed by atoms with E-state index < -0.39 is 12.6 Å². The Morgan fingerprint density at radius 2 is 1.65 bits per heavy atom. The number of hydrogen-bond acceptors (Lipinski definition) is 3. The van der Waals surface area contributed by atoms with Gasteiger partial charge in [0.25, 0.3) is 0 Å². The molecule has 1 aromatic carbocycles. The highest BCUT2D eigenvalue weighted by Gasteiger charge is 2.26. The molecule has 0 radical (unpaired) electrons. The fraction of sp³-hybridized carbons (Fsp3) is 0.538. The molecule has 1 aromatic rings. The quantitative estimate of drug-likeness (QED) is 0.559. The third-order valence-corrected chi connectivity index (χ3v) is 2.83. The standard InChI is InChI=1S/C13H16ClF3O3/c1-18-10-6-9(8-14)7-11(19-2)12(10)20-5-3-4-13(15,16)17/h6-7H,3-5,8H2,1-2H3. The zero-order chi connectivity index (χ0) is 15.2. The van der Waals surface area contributed by atoms with Gasteiger partial charge in [-0.1, -0.05) is 0 Å². The molecule has 0 saturated heterocycles. The first-order chi connectivity index (χ1) is 9.41. The van der Waals surface area contributed by atoms with Gasteiger partial charge in [-0.2, -0.15) is 13.2 Å². The summed E-state index contributed by atoms with van der Waals surface area (Å²) in [5, 5.41) is 0. The molecule has 0 amide bonds. The average molecular weight is 313 g/mol. The van der Waals surface area contributed by atoms with Gasteiger partial charge in [-0.15, -0.1) is 11.6 Å². The average Bonchev–Trinajstić information content (AvgIpc) is 2.41. The largest absolute Gasteiger partial charge is 0.493 e. The fourth-order valence-corrected chi connectivity index (χ4v) is 1.75. The van der Waals surface area contributed by atoms with Crippen LogP contribution in [0.5, 0.6) is 17.2 Å². The third kappa shape index (κ3) is 5.00. The molecule has 114 valence electrons. The highest BCUT2D eigenvalue weighted by molar-refractivity contribution is 6.17. The summed E-state index contributed by atoms with van der Waals surface area (Å²) in [7, 11) is 2.88. The SMILES string of the molecule is COc1cc(CCl)cc(OC)c1OCCCC(F)(F)F. The minimum atomic E-state index is -4.18. The van der Waals surface area contributed by atoms with E-state index in [0.717, 1.165) is 5.56 Å². The summed E-state index contributed by atoms with van der Waals surface area (Å²) in [6, 6.07) is 3.32. The zero-order valence-corrected chi connectivity index (χ0v) is 12.0. The Hall–Kier alpha value is -1.30. The molecule has 0 aliphatic carbocycles. The fourth-order valence-electron chi connectivity index (χ4n) is 1.60. The van der Waals surface area contributed by atoms with E-state index in [9.17, 15) is 13.2 Å². The number of halogens is 4.